The number of hydrogen-bond donors (Lipinski definition) is 0. The lowest BCUT2D eigenvalue weighted by molar-refractivity contribution is 0.0202. The van der Waals surface area contributed by atoms with E-state index in [0.717, 1.165) is 36.0 Å². The first-order valence-corrected chi connectivity index (χ1v) is 9.90. The van der Waals surface area contributed by atoms with Gasteiger partial charge in [-0.1, -0.05) is 11.8 Å². The number of carbonyl (C=O) groups excluding carboxylic acids is 1. The van der Waals surface area contributed by atoms with Gasteiger partial charge in [-0.25, -0.2) is 4.79 Å². The average molecular weight is 375 g/mol. The lowest BCUT2D eigenvalue weighted by Gasteiger charge is -2.33. The fourth-order valence-corrected chi connectivity index (χ4v) is 3.82. The molecule has 0 saturated carbocycles. The third-order valence-electron chi connectivity index (χ3n) is 3.89. The average Bonchev–Trinajstić information content (AvgIpc) is 2.87. The molecular formula is C16H27ClN4O2S. The third kappa shape index (κ3) is 5.28. The van der Waals surface area contributed by atoms with Gasteiger partial charge in [0.25, 0.3) is 0 Å². The molecule has 0 unspecified atom stereocenters. The van der Waals surface area contributed by atoms with Gasteiger partial charge in [-0.15, -0.1) is 21.8 Å². The molecule has 24 heavy (non-hydrogen) atoms. The lowest BCUT2D eigenvalue weighted by Crippen LogP contribution is -2.41. The van der Waals surface area contributed by atoms with Crippen LogP contribution in [0, 0.1) is 0 Å². The van der Waals surface area contributed by atoms with E-state index in [-0.39, 0.29) is 6.09 Å². The van der Waals surface area contributed by atoms with Gasteiger partial charge < -0.3 is 14.2 Å². The van der Waals surface area contributed by atoms with Gasteiger partial charge in [-0.3, -0.25) is 0 Å². The van der Waals surface area contributed by atoms with Crippen LogP contribution in [-0.4, -0.2) is 56.1 Å². The van der Waals surface area contributed by atoms with E-state index < -0.39 is 5.60 Å². The molecule has 1 aromatic heterocycles. The first-order valence-electron chi connectivity index (χ1n) is 8.38. The molecule has 1 aromatic rings. The quantitative estimate of drug-likeness (QED) is 0.447. The van der Waals surface area contributed by atoms with Crippen molar-refractivity contribution in [3.63, 3.8) is 0 Å². The number of piperidine rings is 1. The maximum absolute atomic E-state index is 12.1. The second-order valence-electron chi connectivity index (χ2n) is 7.03. The van der Waals surface area contributed by atoms with Gasteiger partial charge in [0.05, 0.1) is 0 Å². The molecule has 136 valence electrons. The molecule has 0 N–H and O–H groups in total. The summed E-state index contributed by atoms with van der Waals surface area (Å²) >= 11 is 7.40. The highest BCUT2D eigenvalue weighted by Crippen LogP contribution is 2.29. The van der Waals surface area contributed by atoms with Crippen molar-refractivity contribution in [2.45, 2.75) is 56.7 Å². The van der Waals surface area contributed by atoms with Gasteiger partial charge in [0.15, 0.2) is 5.16 Å². The molecule has 1 saturated heterocycles. The molecule has 8 heteroatoms. The Kier molecular flexibility index (Phi) is 6.80. The van der Waals surface area contributed by atoms with Crippen molar-refractivity contribution in [2.24, 2.45) is 7.05 Å². The second kappa shape index (κ2) is 8.43. The van der Waals surface area contributed by atoms with Crippen molar-refractivity contribution in [2.75, 3.05) is 24.7 Å². The van der Waals surface area contributed by atoms with Crippen molar-refractivity contribution in [3.05, 3.63) is 5.82 Å². The summed E-state index contributed by atoms with van der Waals surface area (Å²) in [6, 6.07) is 0. The molecule has 0 bridgehead atoms. The molecule has 1 amide bonds. The predicted octanol–water partition coefficient (Wildman–Crippen LogP) is 3.65. The Balaban J connectivity index is 1.89. The van der Waals surface area contributed by atoms with Gasteiger partial charge in [-0.2, -0.15) is 0 Å². The molecule has 0 radical (unpaired) electrons. The summed E-state index contributed by atoms with van der Waals surface area (Å²) in [4.78, 5) is 13.9. The van der Waals surface area contributed by atoms with Crippen LogP contribution in [0.1, 0.15) is 51.8 Å². The van der Waals surface area contributed by atoms with Crippen LogP contribution in [0.15, 0.2) is 5.16 Å². The van der Waals surface area contributed by atoms with E-state index in [9.17, 15) is 4.79 Å². The number of alkyl halides is 1. The molecule has 0 aromatic carbocycles. The summed E-state index contributed by atoms with van der Waals surface area (Å²) in [5, 5.41) is 9.60. The van der Waals surface area contributed by atoms with Gasteiger partial charge in [0.2, 0.25) is 0 Å². The number of carbonyl (C=O) groups is 1. The summed E-state index contributed by atoms with van der Waals surface area (Å²) in [6.45, 7) is 7.06. The molecule has 0 atom stereocenters. The minimum atomic E-state index is -0.452. The summed E-state index contributed by atoms with van der Waals surface area (Å²) in [6.07, 6.45) is 2.51. The molecule has 6 nitrogen and oxygen atoms in total. The normalized spacial score (nSPS) is 16.5. The summed E-state index contributed by atoms with van der Waals surface area (Å²) in [5.41, 5.74) is -0.452. The van der Waals surface area contributed by atoms with E-state index in [4.69, 9.17) is 16.3 Å². The summed E-state index contributed by atoms with van der Waals surface area (Å²) in [5.74, 6) is 2.96. The summed E-state index contributed by atoms with van der Waals surface area (Å²) < 4.78 is 7.52. The highest BCUT2D eigenvalue weighted by molar-refractivity contribution is 7.99. The Morgan fingerprint density at radius 2 is 2.00 bits per heavy atom. The fourth-order valence-electron chi connectivity index (χ4n) is 2.67. The number of amides is 1. The van der Waals surface area contributed by atoms with Gasteiger partial charge in [0, 0.05) is 37.7 Å². The maximum atomic E-state index is 12.1. The minimum Gasteiger partial charge on any atom is -0.444 e. The highest BCUT2D eigenvalue weighted by Gasteiger charge is 2.29. The molecule has 0 spiro atoms. The Morgan fingerprint density at radius 1 is 1.33 bits per heavy atom. The van der Waals surface area contributed by atoms with Crippen LogP contribution in [0.25, 0.3) is 0 Å². The number of halogens is 1. The number of rotatable bonds is 5. The van der Waals surface area contributed by atoms with E-state index >= 15 is 0 Å². The van der Waals surface area contributed by atoms with Crippen LogP contribution in [0.4, 0.5) is 4.79 Å². The molecule has 1 fully saturated rings. The first kappa shape index (κ1) is 19.4. The van der Waals surface area contributed by atoms with Crippen molar-refractivity contribution >= 4 is 29.5 Å². The smallest absolute Gasteiger partial charge is 0.410 e. The van der Waals surface area contributed by atoms with Crippen LogP contribution < -0.4 is 0 Å². The molecule has 2 rings (SSSR count). The number of aromatic nitrogens is 3. The number of nitrogens with zero attached hydrogens (tertiary/aromatic N) is 4. The molecule has 1 aliphatic rings. The topological polar surface area (TPSA) is 60.2 Å². The highest BCUT2D eigenvalue weighted by atomic mass is 35.5. The van der Waals surface area contributed by atoms with E-state index in [1.807, 2.05) is 27.8 Å². The van der Waals surface area contributed by atoms with Gasteiger partial charge >= 0.3 is 6.09 Å². The Morgan fingerprint density at radius 3 is 2.58 bits per heavy atom. The van der Waals surface area contributed by atoms with E-state index in [1.165, 1.54) is 0 Å². The Bertz CT molecular complexity index is 551. The van der Waals surface area contributed by atoms with Crippen LogP contribution in [0.2, 0.25) is 0 Å². The van der Waals surface area contributed by atoms with Gasteiger partial charge in [0.1, 0.15) is 11.4 Å². The maximum Gasteiger partial charge on any atom is 0.410 e. The predicted molar refractivity (Wildman–Crippen MR) is 96.8 cm³/mol. The zero-order valence-corrected chi connectivity index (χ0v) is 16.5. The van der Waals surface area contributed by atoms with Crippen LogP contribution in [-0.2, 0) is 11.8 Å². The monoisotopic (exact) mass is 374 g/mol. The SMILES string of the molecule is Cn1c(SCCCCl)nnc1C1CCN(C(=O)OC(C)(C)C)CC1. The zero-order chi connectivity index (χ0) is 17.7. The van der Waals surface area contributed by atoms with Crippen molar-refractivity contribution in [3.8, 4) is 0 Å². The van der Waals surface area contributed by atoms with E-state index in [1.54, 1.807) is 16.7 Å². The Hall–Kier alpha value is -0.950. The third-order valence-corrected chi connectivity index (χ3v) is 5.26. The second-order valence-corrected chi connectivity index (χ2v) is 8.47. The van der Waals surface area contributed by atoms with Crippen LogP contribution >= 0.6 is 23.4 Å². The number of likely N-dealkylation sites (tertiary alicyclic amines) is 1. The number of ether oxygens (including phenoxy) is 1. The number of hydrogen-bond acceptors (Lipinski definition) is 5. The Labute approximate surface area is 153 Å². The molecule has 1 aliphatic heterocycles. The van der Waals surface area contributed by atoms with Crippen LogP contribution in [0.5, 0.6) is 0 Å². The van der Waals surface area contributed by atoms with E-state index in [0.29, 0.717) is 24.9 Å². The van der Waals surface area contributed by atoms with Crippen molar-refractivity contribution < 1.29 is 9.53 Å². The fraction of sp³-hybridized carbons (Fsp3) is 0.812. The standard InChI is InChI=1S/C16H27ClN4O2S/c1-16(2,3)23-15(22)21-9-6-12(7-10-21)13-18-19-14(20(13)4)24-11-5-8-17/h12H,5-11H2,1-4H3. The van der Waals surface area contributed by atoms with E-state index in [2.05, 4.69) is 14.8 Å². The molecule has 2 heterocycles. The first-order chi connectivity index (χ1) is 11.3. The minimum absolute atomic E-state index is 0.226. The number of thioether (sulfide) groups is 1. The summed E-state index contributed by atoms with van der Waals surface area (Å²) in [7, 11) is 2.01. The molecular weight excluding hydrogens is 348 g/mol. The lowest BCUT2D eigenvalue weighted by atomic mass is 9.96. The molecule has 0 aliphatic carbocycles. The van der Waals surface area contributed by atoms with Crippen molar-refractivity contribution in [1.82, 2.24) is 19.7 Å². The largest absolute Gasteiger partial charge is 0.444 e. The van der Waals surface area contributed by atoms with Gasteiger partial charge in [-0.05, 0) is 40.0 Å². The van der Waals surface area contributed by atoms with Crippen molar-refractivity contribution in [1.29, 1.82) is 0 Å². The zero-order valence-electron chi connectivity index (χ0n) is 14.9. The van der Waals surface area contributed by atoms with Crippen LogP contribution in [0.3, 0.4) is 0 Å².